The van der Waals surface area contributed by atoms with E-state index in [4.69, 9.17) is 8.83 Å². The fourth-order valence-corrected chi connectivity index (χ4v) is 10.1. The second-order valence-electron chi connectivity index (χ2n) is 18.5. The molecular weight excluding hydrogens is 1330 g/mol. The Morgan fingerprint density at radius 2 is 0.456 bits per heavy atom. The molecule has 0 unspecified atom stereocenters. The van der Waals surface area contributed by atoms with Gasteiger partial charge in [0.25, 0.3) is 0 Å². The van der Waals surface area contributed by atoms with Crippen LogP contribution in [0.5, 0.6) is 0 Å². The van der Waals surface area contributed by atoms with Gasteiger partial charge < -0.3 is 14.1 Å². The smallest absolute Gasteiger partial charge is 0.762 e. The highest BCUT2D eigenvalue weighted by Gasteiger charge is 2.23. The highest BCUT2D eigenvalue weighted by molar-refractivity contribution is 9.10. The summed E-state index contributed by atoms with van der Waals surface area (Å²) in [5.74, 6) is 3.44. The normalized spacial score (nSPS) is 9.73. The van der Waals surface area contributed by atoms with Crippen LogP contribution in [0, 0.1) is 6.92 Å². The molecule has 0 atom stereocenters. The molecule has 456 valence electrons. The van der Waals surface area contributed by atoms with Gasteiger partial charge in [-0.25, -0.2) is 8.83 Å². The number of rotatable bonds is 9. The first-order valence-corrected chi connectivity index (χ1v) is 29.1. The summed E-state index contributed by atoms with van der Waals surface area (Å²) in [6, 6.07) is 101. The van der Waals surface area contributed by atoms with E-state index in [9.17, 15) is 38.8 Å². The predicted octanol–water partition coefficient (Wildman–Crippen LogP) is 15.6. The van der Waals surface area contributed by atoms with E-state index in [0.29, 0.717) is 0 Å². The summed E-state index contributed by atoms with van der Waals surface area (Å²) < 4.78 is 102. The van der Waals surface area contributed by atoms with Gasteiger partial charge in [0.1, 0.15) is 0 Å². The molecule has 0 fully saturated rings. The maximum absolute atomic E-state index is 9.67. The number of aryl methyl sites for hydroxylation is 1. The molecule has 0 aliphatic carbocycles. The largest absolute Gasteiger partial charge is 1.00 e. The Balaban J connectivity index is 0.000000260. The molecule has 20 heteroatoms. The van der Waals surface area contributed by atoms with Crippen molar-refractivity contribution in [1.82, 2.24) is 0 Å². The second kappa shape index (κ2) is 38.5. The molecule has 3 heterocycles. The van der Waals surface area contributed by atoms with Crippen LogP contribution in [0.4, 0.5) is 38.8 Å². The highest BCUT2D eigenvalue weighted by Crippen LogP contribution is 2.39. The van der Waals surface area contributed by atoms with E-state index in [2.05, 4.69) is 275 Å². The quantitative estimate of drug-likeness (QED) is 0.0816. The first-order chi connectivity index (χ1) is 42.1. The van der Waals surface area contributed by atoms with Crippen molar-refractivity contribution in [2.24, 2.45) is 0 Å². The van der Waals surface area contributed by atoms with Crippen molar-refractivity contribution in [3.8, 4) is 99.6 Å². The Labute approximate surface area is 536 Å². The van der Waals surface area contributed by atoms with E-state index in [1.807, 2.05) is 65.9 Å². The van der Waals surface area contributed by atoms with Crippen LogP contribution in [0.3, 0.4) is 0 Å². The molecule has 0 saturated carbocycles. The molecule has 3 aromatic heterocycles. The van der Waals surface area contributed by atoms with Gasteiger partial charge in [-0.3, -0.25) is 38.8 Å². The molecule has 12 rings (SSSR count). The lowest BCUT2D eigenvalue weighted by atomic mass is 10.0. The zero-order valence-corrected chi connectivity index (χ0v) is 51.4. The topological polar surface area (TPSA) is 22.6 Å². The van der Waals surface area contributed by atoms with E-state index in [0.717, 1.165) is 70.9 Å². The molecule has 9 aromatic carbocycles. The van der Waals surface area contributed by atoms with Crippen LogP contribution in [0.15, 0.2) is 309 Å². The molecular formula is C70H51B3Br2F12O2S. The zero-order valence-electron chi connectivity index (χ0n) is 47.5. The van der Waals surface area contributed by atoms with Gasteiger partial charge in [0.15, 0.2) is 0 Å². The number of hydrogen-bond acceptors (Lipinski definition) is 0. The molecule has 0 aliphatic rings. The Bertz CT molecular complexity index is 3680. The Morgan fingerprint density at radius 1 is 0.256 bits per heavy atom. The van der Waals surface area contributed by atoms with Crippen LogP contribution in [0.25, 0.3) is 99.6 Å². The molecule has 0 bridgehead atoms. The van der Waals surface area contributed by atoms with Crippen LogP contribution in [-0.4, -0.2) is 22.6 Å². The van der Waals surface area contributed by atoms with Crippen molar-refractivity contribution in [1.29, 1.82) is 0 Å². The lowest BCUT2D eigenvalue weighted by Gasteiger charge is -2.02. The van der Waals surface area contributed by atoms with Crippen molar-refractivity contribution in [3.05, 3.63) is 306 Å². The summed E-state index contributed by atoms with van der Waals surface area (Å²) in [5.41, 5.74) is 15.1. The maximum Gasteiger partial charge on any atom is 0.762 e. The third-order valence-electron chi connectivity index (χ3n) is 12.5. The van der Waals surface area contributed by atoms with Crippen molar-refractivity contribution in [2.75, 3.05) is 0 Å². The van der Waals surface area contributed by atoms with E-state index in [1.165, 1.54) is 43.1 Å². The average molecular weight is 1380 g/mol. The molecule has 0 amide bonds. The number of hydrogen-bond donors (Lipinski definition) is 0. The van der Waals surface area contributed by atoms with Gasteiger partial charge in [-0.05, 0) is 126 Å². The number of halogens is 14. The van der Waals surface area contributed by atoms with Crippen LogP contribution in [0.2, 0.25) is 0 Å². The monoisotopic (exact) mass is 1370 g/mol. The van der Waals surface area contributed by atoms with Crippen molar-refractivity contribution in [2.45, 2.75) is 6.92 Å². The lowest BCUT2D eigenvalue weighted by molar-refractivity contribution is -0.00100. The summed E-state index contributed by atoms with van der Waals surface area (Å²) in [5, 5.41) is 0. The van der Waals surface area contributed by atoms with Gasteiger partial charge in [-0.1, -0.05) is 195 Å². The molecule has 0 aliphatic heterocycles. The summed E-state index contributed by atoms with van der Waals surface area (Å²) in [4.78, 5) is 2.58. The SMILES string of the molecule is Brc1ccc(-c2cc(-c3ccccc3)[o+]c(-c3ccccc3)c2)cc1.Cc1ccc(-c2cc(-c3ccccc3)cc(-c3ccc(Br)cc3)[o+]2)cc1.FB(F)F.FB(F)F.FB(F)F.[F-].[F-].[F-].c1ccc(-c2cc(-c3ccccc3)[s+]c(-c3ccccc3)c2)cc1. The van der Waals surface area contributed by atoms with E-state index in [-0.39, 0.29) is 14.1 Å². The first kappa shape index (κ1) is 73.6. The van der Waals surface area contributed by atoms with Crippen LogP contribution >= 0.6 is 43.2 Å². The average Bonchev–Trinajstić information content (AvgIpc) is 1.38. The Morgan fingerprint density at radius 3 is 0.733 bits per heavy atom. The fraction of sp³-hybridized carbons (Fsp3) is 0.0143. The molecule has 0 radical (unpaired) electrons. The second-order valence-corrected chi connectivity index (χ2v) is 21.5. The van der Waals surface area contributed by atoms with Gasteiger partial charge in [-0.15, -0.1) is 0 Å². The van der Waals surface area contributed by atoms with Crippen molar-refractivity contribution in [3.63, 3.8) is 0 Å². The fourth-order valence-electron chi connectivity index (χ4n) is 8.50. The van der Waals surface area contributed by atoms with E-state index < -0.39 is 22.6 Å². The minimum Gasteiger partial charge on any atom is -1.00 e. The first-order valence-electron chi connectivity index (χ1n) is 26.7. The van der Waals surface area contributed by atoms with Crippen LogP contribution in [0.1, 0.15) is 5.56 Å². The summed E-state index contributed by atoms with van der Waals surface area (Å²) >= 11 is 8.84. The Kier molecular flexibility index (Phi) is 31.5. The molecule has 0 saturated heterocycles. The maximum atomic E-state index is 9.67. The van der Waals surface area contributed by atoms with Crippen molar-refractivity contribution < 1.29 is 61.8 Å². The molecule has 90 heavy (non-hydrogen) atoms. The van der Waals surface area contributed by atoms with E-state index in [1.54, 1.807) is 0 Å². The van der Waals surface area contributed by atoms with E-state index >= 15 is 0 Å². The third-order valence-corrected chi connectivity index (χ3v) is 14.7. The Hall–Kier alpha value is -8.84. The number of benzene rings is 9. The van der Waals surface area contributed by atoms with Crippen LogP contribution < -0.4 is 14.1 Å². The zero-order chi connectivity index (χ0) is 61.9. The highest BCUT2D eigenvalue weighted by atomic mass is 79.9. The summed E-state index contributed by atoms with van der Waals surface area (Å²) in [6.45, 7) is 2.09. The van der Waals surface area contributed by atoms with Gasteiger partial charge in [-0.2, -0.15) is 0 Å². The predicted molar refractivity (Wildman–Crippen MR) is 351 cm³/mol. The van der Waals surface area contributed by atoms with Gasteiger partial charge in [0.05, 0.1) is 46.5 Å². The van der Waals surface area contributed by atoms with Gasteiger partial charge >= 0.3 is 45.7 Å². The summed E-state index contributed by atoms with van der Waals surface area (Å²) in [6.07, 6.45) is 0. The third kappa shape index (κ3) is 24.3. The standard InChI is InChI=1S/C24H18BrO.C23H16BrO.C23H17S.3BF3.3FH/c1-17-7-9-19(10-8-17)23-15-21(18-5-3-2-4-6-18)16-24(26-23)20-11-13-22(25)14-12-20;24-21-13-11-17(12-14-21)20-15-22(18-7-3-1-4-8-18)25-23(16-20)19-9-5-2-6-10-19;1-4-10-18(11-5-1)21-16-22(19-12-6-2-7-13-19)24-23(17-21)20-14-8-3-9-15-20;3*2-1(3)4;;;/h2-16H,1H3;1-16H;1-17H;;;;3*1H/q3*+1;;;;;;/p-3. The molecule has 12 aromatic rings. The van der Waals surface area contributed by atoms with Crippen LogP contribution in [-0.2, 0) is 0 Å². The molecule has 0 N–H and O–H groups in total. The minimum absolute atomic E-state index is 0. The van der Waals surface area contributed by atoms with Crippen molar-refractivity contribution >= 4 is 65.8 Å². The molecule has 0 spiro atoms. The van der Waals surface area contributed by atoms with Gasteiger partial charge in [0, 0.05) is 43.3 Å². The summed E-state index contributed by atoms with van der Waals surface area (Å²) in [7, 11) is -11.0. The van der Waals surface area contributed by atoms with Gasteiger partial charge in [0.2, 0.25) is 21.1 Å². The molecule has 2 nitrogen and oxygen atoms in total. The minimum atomic E-state index is -3.67. The lowest BCUT2D eigenvalue weighted by Crippen LogP contribution is -3.00.